The smallest absolute Gasteiger partial charge is 0.204 e. The maximum atomic E-state index is 11.7. The van der Waals surface area contributed by atoms with Crippen molar-refractivity contribution in [3.8, 4) is 0 Å². The van der Waals surface area contributed by atoms with Gasteiger partial charge in [-0.05, 0) is 0 Å². The standard InChI is InChI=1S/C4H2F4S2/c5-3(6)1-2(4(7)8)10-9-1/h3-4H. The van der Waals surface area contributed by atoms with Crippen molar-refractivity contribution in [2.75, 3.05) is 0 Å². The largest absolute Gasteiger partial charge is 0.274 e. The zero-order valence-corrected chi connectivity index (χ0v) is 6.12. The summed E-state index contributed by atoms with van der Waals surface area (Å²) < 4.78 is 46.7. The van der Waals surface area contributed by atoms with Crippen LogP contribution in [0.4, 0.5) is 17.6 Å². The predicted octanol–water partition coefficient (Wildman–Crippen LogP) is 3.68. The molecule has 10 heavy (non-hydrogen) atoms. The zero-order valence-electron chi connectivity index (χ0n) is 4.48. The van der Waals surface area contributed by atoms with Crippen LogP contribution in [-0.4, -0.2) is 0 Å². The topological polar surface area (TPSA) is 0 Å². The van der Waals surface area contributed by atoms with Gasteiger partial charge in [0.15, 0.2) is 0 Å². The monoisotopic (exact) mass is 190 g/mol. The number of alkyl halides is 4. The van der Waals surface area contributed by atoms with Crippen LogP contribution < -0.4 is 0 Å². The highest BCUT2D eigenvalue weighted by Crippen LogP contribution is 2.42. The van der Waals surface area contributed by atoms with Gasteiger partial charge in [0.2, 0.25) is 0 Å². The van der Waals surface area contributed by atoms with Crippen LogP contribution in [0.15, 0.2) is 0 Å². The van der Waals surface area contributed by atoms with E-state index in [1.54, 1.807) is 0 Å². The van der Waals surface area contributed by atoms with Gasteiger partial charge < -0.3 is 0 Å². The minimum absolute atomic E-state index is 0.472. The highest BCUT2D eigenvalue weighted by molar-refractivity contribution is 7.72. The maximum Gasteiger partial charge on any atom is 0.274 e. The molecule has 0 aliphatic carbocycles. The molecule has 1 aromatic heterocycles. The molecule has 0 aliphatic heterocycles. The molecular formula is C4H2F4S2. The molecule has 0 N–H and O–H groups in total. The Hall–Kier alpha value is -0.100. The minimum Gasteiger partial charge on any atom is -0.204 e. The molecule has 1 heterocycles. The fraction of sp³-hybridized carbons (Fsp3) is 0.500. The molecule has 1 rings (SSSR count). The Morgan fingerprint density at radius 2 is 1.10 bits per heavy atom. The fourth-order valence-corrected chi connectivity index (χ4v) is 2.29. The van der Waals surface area contributed by atoms with Crippen molar-refractivity contribution in [3.63, 3.8) is 0 Å². The Balaban J connectivity index is 2.71. The van der Waals surface area contributed by atoms with E-state index >= 15 is 0 Å². The molecule has 0 nitrogen and oxygen atoms in total. The Labute approximate surface area is 61.5 Å². The molecule has 58 valence electrons. The molecule has 0 spiro atoms. The number of rotatable bonds is 2. The lowest BCUT2D eigenvalue weighted by Crippen LogP contribution is -1.91. The summed E-state index contributed by atoms with van der Waals surface area (Å²) in [4.78, 5) is -0.944. The third-order valence-electron chi connectivity index (χ3n) is 0.860. The second-order valence-electron chi connectivity index (χ2n) is 1.50. The maximum absolute atomic E-state index is 11.7. The van der Waals surface area contributed by atoms with Crippen LogP contribution in [0.5, 0.6) is 0 Å². The first-order valence-corrected chi connectivity index (χ1v) is 4.42. The Kier molecular flexibility index (Phi) is 2.30. The summed E-state index contributed by atoms with van der Waals surface area (Å²) in [6.45, 7) is 0. The summed E-state index contributed by atoms with van der Waals surface area (Å²) in [5.74, 6) is 0. The van der Waals surface area contributed by atoms with Crippen molar-refractivity contribution in [1.82, 2.24) is 0 Å². The first kappa shape index (κ1) is 8.00. The zero-order chi connectivity index (χ0) is 7.72. The van der Waals surface area contributed by atoms with Crippen LogP contribution in [0.25, 0.3) is 0 Å². The molecule has 1 aromatic rings. The molecule has 0 saturated heterocycles. The van der Waals surface area contributed by atoms with E-state index in [9.17, 15) is 17.6 Å². The van der Waals surface area contributed by atoms with E-state index in [-0.39, 0.29) is 0 Å². The molecule has 0 atom stereocenters. The van der Waals surface area contributed by atoms with Crippen LogP contribution in [0.1, 0.15) is 22.6 Å². The first-order chi connectivity index (χ1) is 4.63. The van der Waals surface area contributed by atoms with Gasteiger partial charge in [0.25, 0.3) is 12.9 Å². The van der Waals surface area contributed by atoms with Gasteiger partial charge in [-0.1, -0.05) is 20.7 Å². The molecule has 0 fully saturated rings. The lowest BCUT2D eigenvalue weighted by molar-refractivity contribution is 0.130. The molecule has 0 saturated carbocycles. The van der Waals surface area contributed by atoms with E-state index in [0.717, 1.165) is 0 Å². The highest BCUT2D eigenvalue weighted by Gasteiger charge is 2.24. The second-order valence-corrected chi connectivity index (χ2v) is 3.71. The second kappa shape index (κ2) is 2.87. The average Bonchev–Trinajstić information content (AvgIpc) is 1.56. The molecular weight excluding hydrogens is 188 g/mol. The molecule has 0 bridgehead atoms. The number of hydrogen-bond donors (Lipinski definition) is 0. The van der Waals surface area contributed by atoms with Crippen LogP contribution in [0.3, 0.4) is 0 Å². The quantitative estimate of drug-likeness (QED) is 0.493. The molecule has 0 amide bonds. The SMILES string of the molecule is FC(F)c1ssc1C(F)F. The van der Waals surface area contributed by atoms with Crippen molar-refractivity contribution in [1.29, 1.82) is 0 Å². The van der Waals surface area contributed by atoms with Crippen molar-refractivity contribution in [2.24, 2.45) is 0 Å². The van der Waals surface area contributed by atoms with Gasteiger partial charge in [-0.25, -0.2) is 17.6 Å². The van der Waals surface area contributed by atoms with Crippen molar-refractivity contribution >= 4 is 20.7 Å². The summed E-state index contributed by atoms with van der Waals surface area (Å²) in [6.07, 6.45) is -5.48. The highest BCUT2D eigenvalue weighted by atomic mass is 32.9. The minimum atomic E-state index is -2.74. The first-order valence-electron chi connectivity index (χ1n) is 2.28. The fourth-order valence-electron chi connectivity index (χ4n) is 0.426. The van der Waals surface area contributed by atoms with Crippen LogP contribution in [-0.2, 0) is 0 Å². The van der Waals surface area contributed by atoms with Gasteiger partial charge in [-0.15, -0.1) is 0 Å². The summed E-state index contributed by atoms with van der Waals surface area (Å²) in [5, 5.41) is 0. The van der Waals surface area contributed by atoms with E-state index in [1.807, 2.05) is 0 Å². The lowest BCUT2D eigenvalue weighted by Gasteiger charge is -2.07. The summed E-state index contributed by atoms with van der Waals surface area (Å²) in [7, 11) is 1.43. The van der Waals surface area contributed by atoms with Gasteiger partial charge in [0.1, 0.15) is 9.75 Å². The summed E-state index contributed by atoms with van der Waals surface area (Å²) in [6, 6.07) is 0. The lowest BCUT2D eigenvalue weighted by atomic mass is 10.4. The van der Waals surface area contributed by atoms with Crippen molar-refractivity contribution in [3.05, 3.63) is 9.75 Å². The van der Waals surface area contributed by atoms with Gasteiger partial charge in [0.05, 0.1) is 0 Å². The average molecular weight is 190 g/mol. The van der Waals surface area contributed by atoms with E-state index in [2.05, 4.69) is 0 Å². The molecule has 0 aromatic carbocycles. The summed E-state index contributed by atoms with van der Waals surface area (Å²) in [5.41, 5.74) is 0. The van der Waals surface area contributed by atoms with Gasteiger partial charge in [-0.3, -0.25) is 0 Å². The van der Waals surface area contributed by atoms with Crippen molar-refractivity contribution in [2.45, 2.75) is 12.9 Å². The number of halogens is 4. The van der Waals surface area contributed by atoms with Crippen LogP contribution in [0.2, 0.25) is 0 Å². The van der Waals surface area contributed by atoms with E-state index in [1.165, 1.54) is 0 Å². The van der Waals surface area contributed by atoms with Gasteiger partial charge in [0, 0.05) is 0 Å². The van der Waals surface area contributed by atoms with Gasteiger partial charge >= 0.3 is 0 Å². The third-order valence-corrected chi connectivity index (χ3v) is 3.56. The van der Waals surface area contributed by atoms with Crippen molar-refractivity contribution < 1.29 is 17.6 Å². The molecule has 0 radical (unpaired) electrons. The predicted molar refractivity (Wildman–Crippen MR) is 32.1 cm³/mol. The van der Waals surface area contributed by atoms with Gasteiger partial charge in [-0.2, -0.15) is 0 Å². The normalized spacial score (nSPS) is 11.8. The Morgan fingerprint density at radius 3 is 1.20 bits per heavy atom. The van der Waals surface area contributed by atoms with E-state index < -0.39 is 22.6 Å². The molecule has 6 heteroatoms. The van der Waals surface area contributed by atoms with E-state index in [0.29, 0.717) is 20.7 Å². The van der Waals surface area contributed by atoms with E-state index in [4.69, 9.17) is 0 Å². The molecule has 0 aliphatic rings. The Morgan fingerprint density at radius 1 is 0.800 bits per heavy atom. The van der Waals surface area contributed by atoms with Crippen LogP contribution in [0, 0.1) is 0 Å². The third kappa shape index (κ3) is 1.32. The molecule has 0 unspecified atom stereocenters. The van der Waals surface area contributed by atoms with Crippen LogP contribution >= 0.6 is 20.7 Å². The number of hydrogen-bond acceptors (Lipinski definition) is 2. The Bertz CT molecular complexity index is 180. The summed E-state index contributed by atoms with van der Waals surface area (Å²) >= 11 is 0.